The van der Waals surface area contributed by atoms with Gasteiger partial charge < -0.3 is 33.8 Å². The number of rotatable bonds is 81. The molecule has 17 nitrogen and oxygen atoms in total. The van der Waals surface area contributed by atoms with E-state index in [0.717, 1.165) is 108 Å². The molecule has 0 aliphatic heterocycles. The van der Waals surface area contributed by atoms with E-state index in [1.54, 1.807) is 0 Å². The first-order valence-electron chi connectivity index (χ1n) is 42.5. The molecule has 0 aliphatic rings. The van der Waals surface area contributed by atoms with Crippen LogP contribution in [0.1, 0.15) is 433 Å². The quantitative estimate of drug-likeness (QED) is 0.0222. The second-order valence-electron chi connectivity index (χ2n) is 30.5. The van der Waals surface area contributed by atoms with Gasteiger partial charge in [0.25, 0.3) is 0 Å². The average molecular weight is 1480 g/mol. The van der Waals surface area contributed by atoms with Crippen LogP contribution in [-0.4, -0.2) is 96.7 Å². The molecule has 5 atom stereocenters. The number of unbranched alkanes of at least 4 members (excludes halogenated alkanes) is 51. The first-order chi connectivity index (χ1) is 48.9. The Hall–Kier alpha value is -1.94. The zero-order chi connectivity index (χ0) is 74.2. The number of phosphoric acid groups is 2. The minimum atomic E-state index is -4.96. The van der Waals surface area contributed by atoms with Crippen LogP contribution in [-0.2, 0) is 65.4 Å². The molecule has 0 bridgehead atoms. The molecule has 0 amide bonds. The molecule has 0 aromatic heterocycles. The lowest BCUT2D eigenvalue weighted by atomic mass is 10.0. The van der Waals surface area contributed by atoms with Crippen LogP contribution in [0.25, 0.3) is 0 Å². The smallest absolute Gasteiger partial charge is 0.462 e. The molecule has 3 N–H and O–H groups in total. The van der Waals surface area contributed by atoms with Crippen LogP contribution in [0.5, 0.6) is 0 Å². The van der Waals surface area contributed by atoms with Crippen LogP contribution in [0.2, 0.25) is 0 Å². The highest BCUT2D eigenvalue weighted by molar-refractivity contribution is 7.47. The van der Waals surface area contributed by atoms with Crippen molar-refractivity contribution in [2.24, 2.45) is 11.8 Å². The summed E-state index contributed by atoms with van der Waals surface area (Å²) in [5.74, 6) is -0.482. The lowest BCUT2D eigenvalue weighted by Gasteiger charge is -2.21. The predicted molar refractivity (Wildman–Crippen MR) is 414 cm³/mol. The van der Waals surface area contributed by atoms with E-state index in [1.807, 2.05) is 0 Å². The van der Waals surface area contributed by atoms with E-state index < -0.39 is 97.5 Å². The van der Waals surface area contributed by atoms with Crippen molar-refractivity contribution >= 4 is 39.5 Å². The van der Waals surface area contributed by atoms with Gasteiger partial charge in [0.2, 0.25) is 0 Å². The van der Waals surface area contributed by atoms with Gasteiger partial charge in [0.15, 0.2) is 12.2 Å². The number of carbonyl (C=O) groups is 4. The number of hydrogen-bond donors (Lipinski definition) is 3. The molecule has 0 rings (SSSR count). The molecular formula is C82H160O17P2. The van der Waals surface area contributed by atoms with Crippen LogP contribution in [0.15, 0.2) is 0 Å². The van der Waals surface area contributed by atoms with Crippen molar-refractivity contribution in [3.63, 3.8) is 0 Å². The molecule has 19 heteroatoms. The van der Waals surface area contributed by atoms with E-state index >= 15 is 0 Å². The maximum atomic E-state index is 13.1. The molecular weight excluding hydrogens is 1320 g/mol. The molecule has 0 aromatic rings. The van der Waals surface area contributed by atoms with Crippen LogP contribution < -0.4 is 0 Å². The van der Waals surface area contributed by atoms with Gasteiger partial charge in [0.1, 0.15) is 19.3 Å². The van der Waals surface area contributed by atoms with Crippen molar-refractivity contribution < 1.29 is 80.2 Å². The van der Waals surface area contributed by atoms with Crippen molar-refractivity contribution in [1.82, 2.24) is 0 Å². The van der Waals surface area contributed by atoms with Crippen molar-refractivity contribution in [3.05, 3.63) is 0 Å². The number of carbonyl (C=O) groups excluding carboxylic acids is 4. The highest BCUT2D eigenvalue weighted by Gasteiger charge is 2.30. The first-order valence-corrected chi connectivity index (χ1v) is 45.5. The fourth-order valence-electron chi connectivity index (χ4n) is 12.7. The molecule has 0 aliphatic carbocycles. The summed E-state index contributed by atoms with van der Waals surface area (Å²) < 4.78 is 68.7. The normalized spacial score (nSPS) is 13.9. The fourth-order valence-corrected chi connectivity index (χ4v) is 14.3. The molecule has 0 saturated carbocycles. The number of phosphoric ester groups is 2. The summed E-state index contributed by atoms with van der Waals surface area (Å²) in [6, 6.07) is 0. The third-order valence-corrected chi connectivity index (χ3v) is 21.1. The van der Waals surface area contributed by atoms with E-state index in [4.69, 9.17) is 37.0 Å². The Kier molecular flexibility index (Phi) is 72.2. The molecule has 0 spiro atoms. The summed E-state index contributed by atoms with van der Waals surface area (Å²) in [5.41, 5.74) is 0. The Morgan fingerprint density at radius 1 is 0.267 bits per heavy atom. The van der Waals surface area contributed by atoms with Gasteiger partial charge in [-0.15, -0.1) is 0 Å². The van der Waals surface area contributed by atoms with Crippen molar-refractivity contribution in [3.8, 4) is 0 Å². The molecule has 2 unspecified atom stereocenters. The molecule has 0 aromatic carbocycles. The van der Waals surface area contributed by atoms with Gasteiger partial charge in [0.05, 0.1) is 26.4 Å². The van der Waals surface area contributed by atoms with Crippen LogP contribution >= 0.6 is 15.6 Å². The van der Waals surface area contributed by atoms with Gasteiger partial charge in [-0.05, 0) is 37.5 Å². The Balaban J connectivity index is 5.19. The summed E-state index contributed by atoms with van der Waals surface area (Å²) in [6.45, 7) is 9.68. The predicted octanol–water partition coefficient (Wildman–Crippen LogP) is 24.7. The Bertz CT molecular complexity index is 1940. The van der Waals surface area contributed by atoms with E-state index in [-0.39, 0.29) is 25.7 Å². The van der Waals surface area contributed by atoms with Gasteiger partial charge in [-0.25, -0.2) is 9.13 Å². The SMILES string of the molecule is CCCCCCCCCCCCCCCCC(=O)O[C@H](COC(=O)CCCCCCCCCC)COP(=O)(O)OC[C@H](O)COP(=O)(O)OC[C@@H](COC(=O)CCCCCCCCCCCCCCCCCC(C)C)OC(=O)CCCCCCCCCCCCCCCCCCCCC(C)C. The Labute approximate surface area is 619 Å². The lowest BCUT2D eigenvalue weighted by molar-refractivity contribution is -0.161. The number of ether oxygens (including phenoxy) is 4. The zero-order valence-corrected chi connectivity index (χ0v) is 68.0. The van der Waals surface area contributed by atoms with Gasteiger partial charge in [-0.2, -0.15) is 0 Å². The summed E-state index contributed by atoms with van der Waals surface area (Å²) >= 11 is 0. The largest absolute Gasteiger partial charge is 0.472 e. The zero-order valence-electron chi connectivity index (χ0n) is 66.2. The van der Waals surface area contributed by atoms with Crippen LogP contribution in [0, 0.1) is 11.8 Å². The topological polar surface area (TPSA) is 237 Å². The second kappa shape index (κ2) is 73.6. The third kappa shape index (κ3) is 76.1. The summed E-state index contributed by atoms with van der Waals surface area (Å²) in [5, 5.41) is 10.6. The van der Waals surface area contributed by atoms with Gasteiger partial charge in [-0.3, -0.25) is 37.3 Å². The minimum Gasteiger partial charge on any atom is -0.462 e. The maximum absolute atomic E-state index is 13.1. The van der Waals surface area contributed by atoms with E-state index in [0.29, 0.717) is 25.7 Å². The summed E-state index contributed by atoms with van der Waals surface area (Å²) in [7, 11) is -9.92. The standard InChI is InChI=1S/C82H160O17P2/c1-7-9-11-13-15-17-18-19-31-37-42-48-54-60-66-81(86)98-77(70-92-79(84)64-58-52-46-16-14-12-10-8-2)72-96-100(88,89)94-68-76(83)69-95-101(90,91)97-73-78(71-93-80(85)65-59-53-47-41-36-32-28-24-26-30-35-40-45-51-57-63-75(5)6)99-82(87)67-61-55-49-43-38-33-27-23-21-20-22-25-29-34-39-44-50-56-62-74(3)4/h74-78,83H,7-73H2,1-6H3,(H,88,89)(H,90,91)/t76-,77+,78+/m0/s1. The highest BCUT2D eigenvalue weighted by atomic mass is 31.2. The van der Waals surface area contributed by atoms with Crippen molar-refractivity contribution in [1.29, 1.82) is 0 Å². The number of hydrogen-bond acceptors (Lipinski definition) is 15. The number of aliphatic hydroxyl groups is 1. The first kappa shape index (κ1) is 99.1. The second-order valence-corrected chi connectivity index (χ2v) is 33.4. The Morgan fingerprint density at radius 2 is 0.455 bits per heavy atom. The molecule has 0 radical (unpaired) electrons. The average Bonchev–Trinajstić information content (AvgIpc) is 0.943. The summed E-state index contributed by atoms with van der Waals surface area (Å²) in [4.78, 5) is 73.0. The van der Waals surface area contributed by atoms with E-state index in [1.165, 1.54) is 244 Å². The molecule has 0 heterocycles. The lowest BCUT2D eigenvalue weighted by Crippen LogP contribution is -2.30. The molecule has 0 saturated heterocycles. The molecule has 600 valence electrons. The summed E-state index contributed by atoms with van der Waals surface area (Å²) in [6.07, 6.45) is 63.9. The van der Waals surface area contributed by atoms with Crippen LogP contribution in [0.4, 0.5) is 0 Å². The minimum absolute atomic E-state index is 0.108. The van der Waals surface area contributed by atoms with Gasteiger partial charge >= 0.3 is 39.5 Å². The third-order valence-electron chi connectivity index (χ3n) is 19.2. The highest BCUT2D eigenvalue weighted by Crippen LogP contribution is 2.45. The van der Waals surface area contributed by atoms with Crippen LogP contribution in [0.3, 0.4) is 0 Å². The number of aliphatic hydroxyl groups excluding tert-OH is 1. The van der Waals surface area contributed by atoms with Crippen molar-refractivity contribution in [2.45, 2.75) is 452 Å². The van der Waals surface area contributed by atoms with Gasteiger partial charge in [-0.1, -0.05) is 382 Å². The maximum Gasteiger partial charge on any atom is 0.472 e. The number of esters is 4. The monoisotopic (exact) mass is 1480 g/mol. The van der Waals surface area contributed by atoms with Gasteiger partial charge in [0, 0.05) is 25.7 Å². The molecule has 0 fully saturated rings. The fraction of sp³-hybridized carbons (Fsp3) is 0.951. The molecule has 101 heavy (non-hydrogen) atoms. The van der Waals surface area contributed by atoms with E-state index in [9.17, 15) is 43.2 Å². The Morgan fingerprint density at radius 3 is 0.673 bits per heavy atom. The van der Waals surface area contributed by atoms with Crippen molar-refractivity contribution in [2.75, 3.05) is 39.6 Å². The van der Waals surface area contributed by atoms with E-state index in [2.05, 4.69) is 41.5 Å².